The van der Waals surface area contributed by atoms with Gasteiger partial charge in [0.05, 0.1) is 12.7 Å². The molecule has 1 amide bonds. The first-order valence-electron chi connectivity index (χ1n) is 9.10. The predicted octanol–water partition coefficient (Wildman–Crippen LogP) is 3.80. The minimum atomic E-state index is -0.727. The first-order valence-corrected chi connectivity index (χ1v) is 9.10. The van der Waals surface area contributed by atoms with E-state index >= 15 is 0 Å². The van der Waals surface area contributed by atoms with Crippen molar-refractivity contribution in [2.24, 2.45) is 0 Å². The summed E-state index contributed by atoms with van der Waals surface area (Å²) in [6.45, 7) is 5.10. The fourth-order valence-electron chi connectivity index (χ4n) is 2.72. The SMILES string of the molecule is COc1ccc(C(C)=O)c(OC(C)C(=O)NC(C)CCc2ccccc2)c1. The maximum Gasteiger partial charge on any atom is 0.260 e. The number of carbonyl (C=O) groups is 2. The number of ketones is 1. The average molecular weight is 369 g/mol. The number of hydrogen-bond donors (Lipinski definition) is 1. The zero-order valence-corrected chi connectivity index (χ0v) is 16.3. The molecule has 0 aliphatic rings. The molecule has 2 aromatic rings. The number of Topliss-reactive ketones (excluding diaryl/α,β-unsaturated/α-hetero) is 1. The summed E-state index contributed by atoms with van der Waals surface area (Å²) in [4.78, 5) is 24.2. The van der Waals surface area contributed by atoms with Crippen LogP contribution in [0.15, 0.2) is 48.5 Å². The number of aryl methyl sites for hydroxylation is 1. The van der Waals surface area contributed by atoms with Crippen LogP contribution in [0.2, 0.25) is 0 Å². The van der Waals surface area contributed by atoms with Crippen LogP contribution in [0.1, 0.15) is 43.1 Å². The van der Waals surface area contributed by atoms with E-state index in [4.69, 9.17) is 9.47 Å². The fourth-order valence-corrected chi connectivity index (χ4v) is 2.72. The van der Waals surface area contributed by atoms with Crippen LogP contribution < -0.4 is 14.8 Å². The van der Waals surface area contributed by atoms with Crippen LogP contribution in [0.3, 0.4) is 0 Å². The standard InChI is InChI=1S/C22H27NO4/c1-15(10-11-18-8-6-5-7-9-18)23-22(25)17(3)27-21-14-19(26-4)12-13-20(21)16(2)24/h5-9,12-15,17H,10-11H2,1-4H3,(H,23,25). The van der Waals surface area contributed by atoms with Gasteiger partial charge in [0.15, 0.2) is 11.9 Å². The van der Waals surface area contributed by atoms with Gasteiger partial charge in [-0.15, -0.1) is 0 Å². The third kappa shape index (κ3) is 6.13. The molecule has 0 heterocycles. The molecule has 0 spiro atoms. The summed E-state index contributed by atoms with van der Waals surface area (Å²) in [5, 5.41) is 2.97. The third-order valence-electron chi connectivity index (χ3n) is 4.34. The van der Waals surface area contributed by atoms with Gasteiger partial charge in [-0.3, -0.25) is 9.59 Å². The van der Waals surface area contributed by atoms with E-state index in [-0.39, 0.29) is 17.7 Å². The Morgan fingerprint density at radius 3 is 2.41 bits per heavy atom. The molecule has 0 radical (unpaired) electrons. The molecule has 0 fully saturated rings. The maximum absolute atomic E-state index is 12.5. The van der Waals surface area contributed by atoms with Gasteiger partial charge < -0.3 is 14.8 Å². The lowest BCUT2D eigenvalue weighted by atomic mass is 10.1. The summed E-state index contributed by atoms with van der Waals surface area (Å²) in [5.74, 6) is 0.574. The number of carbonyl (C=O) groups excluding carboxylic acids is 2. The van der Waals surface area contributed by atoms with Crippen molar-refractivity contribution in [3.8, 4) is 11.5 Å². The molecule has 2 aromatic carbocycles. The van der Waals surface area contributed by atoms with Crippen LogP contribution in [0.5, 0.6) is 11.5 Å². The van der Waals surface area contributed by atoms with Crippen LogP contribution >= 0.6 is 0 Å². The highest BCUT2D eigenvalue weighted by Crippen LogP contribution is 2.26. The molecule has 0 bridgehead atoms. The van der Waals surface area contributed by atoms with Gasteiger partial charge in [-0.25, -0.2) is 0 Å². The Kier molecular flexibility index (Phi) is 7.41. The molecule has 5 heteroatoms. The van der Waals surface area contributed by atoms with E-state index in [1.165, 1.54) is 19.6 Å². The molecule has 5 nitrogen and oxygen atoms in total. The highest BCUT2D eigenvalue weighted by molar-refractivity contribution is 5.97. The van der Waals surface area contributed by atoms with E-state index < -0.39 is 6.10 Å². The highest BCUT2D eigenvalue weighted by Gasteiger charge is 2.20. The second kappa shape index (κ2) is 9.76. The Labute approximate surface area is 160 Å². The first-order chi connectivity index (χ1) is 12.9. The lowest BCUT2D eigenvalue weighted by Crippen LogP contribution is -2.41. The van der Waals surface area contributed by atoms with Crippen LogP contribution in [0, 0.1) is 0 Å². The van der Waals surface area contributed by atoms with Crippen molar-refractivity contribution in [2.45, 2.75) is 45.8 Å². The van der Waals surface area contributed by atoms with Crippen molar-refractivity contribution in [1.82, 2.24) is 5.32 Å². The lowest BCUT2D eigenvalue weighted by Gasteiger charge is -2.20. The molecule has 0 saturated heterocycles. The van der Waals surface area contributed by atoms with Gasteiger partial charge in [-0.2, -0.15) is 0 Å². The van der Waals surface area contributed by atoms with E-state index in [1.54, 1.807) is 25.1 Å². The summed E-state index contributed by atoms with van der Waals surface area (Å²) in [6, 6.07) is 15.1. The molecule has 0 saturated carbocycles. The number of methoxy groups -OCH3 is 1. The Morgan fingerprint density at radius 2 is 1.78 bits per heavy atom. The predicted molar refractivity (Wildman–Crippen MR) is 105 cm³/mol. The minimum Gasteiger partial charge on any atom is -0.497 e. The third-order valence-corrected chi connectivity index (χ3v) is 4.34. The van der Waals surface area contributed by atoms with E-state index in [1.807, 2.05) is 25.1 Å². The average Bonchev–Trinajstić information content (AvgIpc) is 2.66. The monoisotopic (exact) mass is 369 g/mol. The zero-order valence-electron chi connectivity index (χ0n) is 16.3. The molecule has 2 atom stereocenters. The smallest absolute Gasteiger partial charge is 0.260 e. The van der Waals surface area contributed by atoms with Crippen LogP contribution in [-0.4, -0.2) is 30.9 Å². The van der Waals surface area contributed by atoms with Gasteiger partial charge in [0.25, 0.3) is 5.91 Å². The Hall–Kier alpha value is -2.82. The topological polar surface area (TPSA) is 64.6 Å². The summed E-state index contributed by atoms with van der Waals surface area (Å²) in [5.41, 5.74) is 1.66. The van der Waals surface area contributed by atoms with Crippen molar-refractivity contribution in [1.29, 1.82) is 0 Å². The molecule has 27 heavy (non-hydrogen) atoms. The zero-order chi connectivity index (χ0) is 19.8. The van der Waals surface area contributed by atoms with Crippen LogP contribution in [-0.2, 0) is 11.2 Å². The number of amides is 1. The van der Waals surface area contributed by atoms with Crippen LogP contribution in [0.25, 0.3) is 0 Å². The number of benzene rings is 2. The number of rotatable bonds is 9. The summed E-state index contributed by atoms with van der Waals surface area (Å²) < 4.78 is 10.9. The van der Waals surface area contributed by atoms with Gasteiger partial charge >= 0.3 is 0 Å². The van der Waals surface area contributed by atoms with Crippen molar-refractivity contribution >= 4 is 11.7 Å². The van der Waals surface area contributed by atoms with E-state index in [9.17, 15) is 9.59 Å². The molecule has 1 N–H and O–H groups in total. The Balaban J connectivity index is 1.94. The first kappa shape index (κ1) is 20.5. The van der Waals surface area contributed by atoms with Gasteiger partial charge in [-0.1, -0.05) is 30.3 Å². The summed E-state index contributed by atoms with van der Waals surface area (Å²) in [6.07, 6.45) is 0.997. The second-order valence-electron chi connectivity index (χ2n) is 6.61. The number of nitrogens with one attached hydrogen (secondary N) is 1. The van der Waals surface area contributed by atoms with Gasteiger partial charge in [0, 0.05) is 12.1 Å². The second-order valence-corrected chi connectivity index (χ2v) is 6.61. The lowest BCUT2D eigenvalue weighted by molar-refractivity contribution is -0.127. The molecule has 0 aliphatic carbocycles. The van der Waals surface area contributed by atoms with E-state index in [0.717, 1.165) is 12.8 Å². The molecule has 2 rings (SSSR count). The Bertz CT molecular complexity index is 773. The van der Waals surface area contributed by atoms with Crippen molar-refractivity contribution < 1.29 is 19.1 Å². The van der Waals surface area contributed by atoms with E-state index in [2.05, 4.69) is 17.4 Å². The molecular formula is C22H27NO4. The minimum absolute atomic E-state index is 0.0151. The largest absolute Gasteiger partial charge is 0.497 e. The highest BCUT2D eigenvalue weighted by atomic mass is 16.5. The van der Waals surface area contributed by atoms with Gasteiger partial charge in [0.1, 0.15) is 11.5 Å². The number of ether oxygens (including phenoxy) is 2. The van der Waals surface area contributed by atoms with Crippen molar-refractivity contribution in [3.05, 3.63) is 59.7 Å². The van der Waals surface area contributed by atoms with Crippen molar-refractivity contribution in [2.75, 3.05) is 7.11 Å². The quantitative estimate of drug-likeness (QED) is 0.683. The summed E-state index contributed by atoms with van der Waals surface area (Å²) in [7, 11) is 1.54. The normalized spacial score (nSPS) is 12.7. The molecule has 2 unspecified atom stereocenters. The van der Waals surface area contributed by atoms with Crippen molar-refractivity contribution in [3.63, 3.8) is 0 Å². The maximum atomic E-state index is 12.5. The summed E-state index contributed by atoms with van der Waals surface area (Å²) >= 11 is 0. The molecule has 0 aliphatic heterocycles. The van der Waals surface area contributed by atoms with Gasteiger partial charge in [-0.05, 0) is 51.3 Å². The molecule has 0 aromatic heterocycles. The number of hydrogen-bond acceptors (Lipinski definition) is 4. The molecule has 144 valence electrons. The fraction of sp³-hybridized carbons (Fsp3) is 0.364. The van der Waals surface area contributed by atoms with Gasteiger partial charge in [0.2, 0.25) is 0 Å². The Morgan fingerprint density at radius 1 is 1.07 bits per heavy atom. The van der Waals surface area contributed by atoms with Crippen LogP contribution in [0.4, 0.5) is 0 Å². The van der Waals surface area contributed by atoms with E-state index in [0.29, 0.717) is 17.1 Å². The molecular weight excluding hydrogens is 342 g/mol.